The minimum absolute atomic E-state index is 0.834. The second-order valence-electron chi connectivity index (χ2n) is 3.00. The van der Waals surface area contributed by atoms with Gasteiger partial charge >= 0.3 is 0 Å². The Morgan fingerprint density at radius 1 is 1.07 bits per heavy atom. The Hall–Kier alpha value is -1.22. The summed E-state index contributed by atoms with van der Waals surface area (Å²) < 4.78 is 1.10. The van der Waals surface area contributed by atoms with Crippen LogP contribution >= 0.6 is 15.9 Å². The number of halogens is 1. The van der Waals surface area contributed by atoms with Gasteiger partial charge in [0.1, 0.15) is 0 Å². The predicted molar refractivity (Wildman–Crippen MR) is 59.0 cm³/mol. The van der Waals surface area contributed by atoms with E-state index in [1.54, 1.807) is 18.6 Å². The summed E-state index contributed by atoms with van der Waals surface area (Å²) in [5.74, 6) is 0. The molecule has 70 valence electrons. The molecular weight excluding hydrogens is 240 g/mol. The monoisotopic (exact) mass is 248 g/mol. The van der Waals surface area contributed by atoms with E-state index in [9.17, 15) is 0 Å². The van der Waals surface area contributed by atoms with Crippen LogP contribution in [0.2, 0.25) is 0 Å². The molecule has 2 nitrogen and oxygen atoms in total. The van der Waals surface area contributed by atoms with Crippen LogP contribution in [0, 0.1) is 0 Å². The molecule has 0 fully saturated rings. The summed E-state index contributed by atoms with van der Waals surface area (Å²) in [4.78, 5) is 8.25. The predicted octanol–water partition coefficient (Wildman–Crippen LogP) is 2.83. The number of benzene rings is 1. The minimum Gasteiger partial charge on any atom is -0.261 e. The maximum absolute atomic E-state index is 4.22. The van der Waals surface area contributed by atoms with E-state index in [2.05, 4.69) is 38.0 Å². The molecule has 0 aliphatic rings. The highest BCUT2D eigenvalue weighted by Crippen LogP contribution is 2.12. The van der Waals surface area contributed by atoms with Gasteiger partial charge in [-0.15, -0.1) is 0 Å². The molecule has 2 rings (SSSR count). The molecular formula is C11H9BrN2. The Kier molecular flexibility index (Phi) is 2.89. The maximum atomic E-state index is 4.22. The highest BCUT2D eigenvalue weighted by molar-refractivity contribution is 9.10. The zero-order valence-corrected chi connectivity index (χ0v) is 9.11. The molecule has 0 amide bonds. The molecule has 0 aliphatic heterocycles. The summed E-state index contributed by atoms with van der Waals surface area (Å²) >= 11 is 3.40. The third-order valence-corrected chi connectivity index (χ3v) is 2.44. The van der Waals surface area contributed by atoms with E-state index in [1.165, 1.54) is 5.56 Å². The van der Waals surface area contributed by atoms with Crippen molar-refractivity contribution in [2.45, 2.75) is 6.42 Å². The highest BCUT2D eigenvalue weighted by Gasteiger charge is 1.96. The molecule has 3 heteroatoms. The van der Waals surface area contributed by atoms with Gasteiger partial charge in [0.2, 0.25) is 0 Å². The Labute approximate surface area is 91.2 Å². The molecule has 0 bridgehead atoms. The zero-order chi connectivity index (χ0) is 9.80. The van der Waals surface area contributed by atoms with Gasteiger partial charge in [0, 0.05) is 29.5 Å². The largest absolute Gasteiger partial charge is 0.261 e. The first-order chi connectivity index (χ1) is 6.84. The summed E-state index contributed by atoms with van der Waals surface area (Å²) in [5, 5.41) is 0. The standard InChI is InChI=1S/C11H9BrN2/c12-10-3-1-9(2-4-10)7-11-8-13-5-6-14-11/h1-6,8H,7H2. The first-order valence-electron chi connectivity index (χ1n) is 4.34. The molecule has 1 heterocycles. The van der Waals surface area contributed by atoms with E-state index in [0.717, 1.165) is 16.6 Å². The van der Waals surface area contributed by atoms with Crippen LogP contribution in [0.5, 0.6) is 0 Å². The SMILES string of the molecule is Brc1ccc(Cc2cnccn2)cc1. The van der Waals surface area contributed by atoms with E-state index in [-0.39, 0.29) is 0 Å². The molecule has 0 aliphatic carbocycles. The summed E-state index contributed by atoms with van der Waals surface area (Å²) in [6, 6.07) is 8.23. The van der Waals surface area contributed by atoms with E-state index in [0.29, 0.717) is 0 Å². The average Bonchev–Trinajstić information content (AvgIpc) is 2.23. The number of aromatic nitrogens is 2. The number of hydrogen-bond acceptors (Lipinski definition) is 2. The molecule has 0 unspecified atom stereocenters. The fraction of sp³-hybridized carbons (Fsp3) is 0.0909. The number of nitrogens with zero attached hydrogens (tertiary/aromatic N) is 2. The van der Waals surface area contributed by atoms with Gasteiger partial charge < -0.3 is 0 Å². The van der Waals surface area contributed by atoms with Crippen LogP contribution in [-0.4, -0.2) is 9.97 Å². The van der Waals surface area contributed by atoms with Gasteiger partial charge in [0.25, 0.3) is 0 Å². The lowest BCUT2D eigenvalue weighted by atomic mass is 10.1. The normalized spacial score (nSPS) is 10.1. The van der Waals surface area contributed by atoms with E-state index >= 15 is 0 Å². The second-order valence-corrected chi connectivity index (χ2v) is 3.92. The number of rotatable bonds is 2. The first kappa shape index (κ1) is 9.34. The van der Waals surface area contributed by atoms with Gasteiger partial charge in [-0.1, -0.05) is 28.1 Å². The summed E-state index contributed by atoms with van der Waals surface area (Å²) in [5.41, 5.74) is 2.24. The van der Waals surface area contributed by atoms with Gasteiger partial charge in [0.05, 0.1) is 5.69 Å². The van der Waals surface area contributed by atoms with Gasteiger partial charge in [-0.3, -0.25) is 9.97 Å². The fourth-order valence-corrected chi connectivity index (χ4v) is 1.50. The highest BCUT2D eigenvalue weighted by atomic mass is 79.9. The van der Waals surface area contributed by atoms with Crippen molar-refractivity contribution in [1.29, 1.82) is 0 Å². The van der Waals surface area contributed by atoms with Crippen molar-refractivity contribution in [1.82, 2.24) is 9.97 Å². The molecule has 14 heavy (non-hydrogen) atoms. The lowest BCUT2D eigenvalue weighted by molar-refractivity contribution is 1.03. The van der Waals surface area contributed by atoms with Crippen LogP contribution in [0.3, 0.4) is 0 Å². The fourth-order valence-electron chi connectivity index (χ4n) is 1.23. The minimum atomic E-state index is 0.834. The maximum Gasteiger partial charge on any atom is 0.0630 e. The molecule has 0 radical (unpaired) electrons. The van der Waals surface area contributed by atoms with Crippen LogP contribution in [0.1, 0.15) is 11.3 Å². The first-order valence-corrected chi connectivity index (χ1v) is 5.13. The molecule has 0 spiro atoms. The Balaban J connectivity index is 2.16. The van der Waals surface area contributed by atoms with E-state index in [4.69, 9.17) is 0 Å². The molecule has 1 aromatic carbocycles. The van der Waals surface area contributed by atoms with Crippen molar-refractivity contribution in [3.8, 4) is 0 Å². The van der Waals surface area contributed by atoms with Crippen molar-refractivity contribution >= 4 is 15.9 Å². The van der Waals surface area contributed by atoms with Gasteiger partial charge in [0.15, 0.2) is 0 Å². The van der Waals surface area contributed by atoms with E-state index in [1.807, 2.05) is 12.1 Å². The lowest BCUT2D eigenvalue weighted by Gasteiger charge is -1.99. The quantitative estimate of drug-likeness (QED) is 0.817. The Morgan fingerprint density at radius 3 is 2.50 bits per heavy atom. The van der Waals surface area contributed by atoms with Crippen LogP contribution in [0.4, 0.5) is 0 Å². The molecule has 0 atom stereocenters. The summed E-state index contributed by atoms with van der Waals surface area (Å²) in [6.07, 6.45) is 6.03. The van der Waals surface area contributed by atoms with Crippen LogP contribution in [0.15, 0.2) is 47.3 Å². The topological polar surface area (TPSA) is 25.8 Å². The molecule has 0 saturated heterocycles. The Morgan fingerprint density at radius 2 is 1.86 bits per heavy atom. The summed E-state index contributed by atoms with van der Waals surface area (Å²) in [6.45, 7) is 0. The Bertz CT molecular complexity index is 397. The van der Waals surface area contributed by atoms with Crippen LogP contribution < -0.4 is 0 Å². The van der Waals surface area contributed by atoms with Crippen molar-refractivity contribution in [2.24, 2.45) is 0 Å². The van der Waals surface area contributed by atoms with Gasteiger partial charge in [-0.25, -0.2) is 0 Å². The van der Waals surface area contributed by atoms with Crippen LogP contribution in [-0.2, 0) is 6.42 Å². The average molecular weight is 249 g/mol. The second kappa shape index (κ2) is 4.33. The van der Waals surface area contributed by atoms with Crippen molar-refractivity contribution in [3.63, 3.8) is 0 Å². The van der Waals surface area contributed by atoms with Crippen LogP contribution in [0.25, 0.3) is 0 Å². The van der Waals surface area contributed by atoms with Crippen molar-refractivity contribution in [3.05, 3.63) is 58.6 Å². The third-order valence-electron chi connectivity index (χ3n) is 1.92. The van der Waals surface area contributed by atoms with Crippen molar-refractivity contribution < 1.29 is 0 Å². The van der Waals surface area contributed by atoms with Gasteiger partial charge in [-0.2, -0.15) is 0 Å². The summed E-state index contributed by atoms with van der Waals surface area (Å²) in [7, 11) is 0. The molecule has 0 N–H and O–H groups in total. The molecule has 1 aromatic heterocycles. The molecule has 2 aromatic rings. The zero-order valence-electron chi connectivity index (χ0n) is 7.52. The van der Waals surface area contributed by atoms with Gasteiger partial charge in [-0.05, 0) is 17.7 Å². The molecule has 0 saturated carbocycles. The van der Waals surface area contributed by atoms with Crippen molar-refractivity contribution in [2.75, 3.05) is 0 Å². The number of hydrogen-bond donors (Lipinski definition) is 0. The van der Waals surface area contributed by atoms with E-state index < -0.39 is 0 Å². The lowest BCUT2D eigenvalue weighted by Crippen LogP contribution is -1.91. The third kappa shape index (κ3) is 2.39. The smallest absolute Gasteiger partial charge is 0.0630 e.